The van der Waals surface area contributed by atoms with Crippen molar-refractivity contribution in [1.29, 1.82) is 0 Å². The van der Waals surface area contributed by atoms with Gasteiger partial charge in [0.15, 0.2) is 7.79 Å². The summed E-state index contributed by atoms with van der Waals surface area (Å²) in [5.74, 6) is 1.52. The summed E-state index contributed by atoms with van der Waals surface area (Å²) in [4.78, 5) is 24.3. The van der Waals surface area contributed by atoms with Crippen LogP contribution in [-0.2, 0) is 4.79 Å². The van der Waals surface area contributed by atoms with Crippen LogP contribution in [0.5, 0.6) is 11.5 Å². The first kappa shape index (κ1) is 22.1. The number of carbonyl (C=O) groups excluding carboxylic acids is 1. The van der Waals surface area contributed by atoms with Gasteiger partial charge in [-0.05, 0) is 54.1 Å². The molecule has 1 unspecified atom stereocenters. The Bertz CT molecular complexity index is 973. The van der Waals surface area contributed by atoms with Gasteiger partial charge in [0, 0.05) is 30.9 Å². The lowest BCUT2D eigenvalue weighted by molar-refractivity contribution is -0.107. The third-order valence-electron chi connectivity index (χ3n) is 5.90. The molecule has 7 heteroatoms. The quantitative estimate of drug-likeness (QED) is 0.379. The van der Waals surface area contributed by atoms with Gasteiger partial charge in [0.05, 0.1) is 19.9 Å². The number of benzene rings is 3. The van der Waals surface area contributed by atoms with Crippen molar-refractivity contribution in [2.24, 2.45) is 0 Å². The smallest absolute Gasteiger partial charge is 0.169 e. The summed E-state index contributed by atoms with van der Waals surface area (Å²) in [6.07, 6.45) is 1.14. The first-order valence-electron chi connectivity index (χ1n) is 10.6. The fraction of sp³-hybridized carbons (Fsp3) is 0.240. The highest BCUT2D eigenvalue weighted by atomic mass is 31.2. The summed E-state index contributed by atoms with van der Waals surface area (Å²) in [5, 5.41) is 0. The van der Waals surface area contributed by atoms with Crippen LogP contribution in [-0.4, -0.2) is 38.5 Å². The van der Waals surface area contributed by atoms with Crippen molar-refractivity contribution in [1.82, 2.24) is 0 Å². The highest BCUT2D eigenvalue weighted by Crippen LogP contribution is 2.75. The molecule has 0 spiro atoms. The molecular weight excluding hydrogens is 423 g/mol. The molecule has 1 heterocycles. The number of nitrogens with zero attached hydrogens (tertiary/aromatic N) is 2. The van der Waals surface area contributed by atoms with Crippen LogP contribution in [0.2, 0.25) is 0 Å². The number of rotatable bonds is 8. The van der Waals surface area contributed by atoms with Crippen molar-refractivity contribution in [2.45, 2.75) is 12.1 Å². The molecular formula is C25H28N2O4P. The first-order chi connectivity index (χ1) is 15.6. The van der Waals surface area contributed by atoms with E-state index in [-0.39, 0.29) is 12.1 Å². The Morgan fingerprint density at radius 2 is 1.31 bits per heavy atom. The number of hydrogen-bond acceptors (Lipinski definition) is 6. The van der Waals surface area contributed by atoms with E-state index in [9.17, 15) is 9.69 Å². The normalized spacial score (nSPS) is 16.0. The average molecular weight is 451 g/mol. The lowest BCUT2D eigenvalue weighted by Crippen LogP contribution is -2.29. The summed E-state index contributed by atoms with van der Waals surface area (Å²) in [6, 6.07) is 25.3. The van der Waals surface area contributed by atoms with Crippen LogP contribution >= 0.6 is 7.79 Å². The molecule has 0 amide bonds. The molecule has 1 N–H and O–H groups in total. The Hall–Kier alpha value is -3.08. The molecule has 0 bridgehead atoms. The maximum atomic E-state index is 12.6. The Morgan fingerprint density at radius 1 is 0.844 bits per heavy atom. The standard InChI is InChI=1S/C25H28N2O4P/c1-30-23-12-8-21(9-13-23)26-17-18-27(22-10-14-24(31-2)15-11-22)32(26,29)25(16-19-28)20-6-4-3-5-7-20/h3-15,19,25,29H,16-18H2,1-2H3. The molecule has 32 heavy (non-hydrogen) atoms. The zero-order valence-electron chi connectivity index (χ0n) is 18.3. The maximum absolute atomic E-state index is 12.6. The zero-order chi connectivity index (χ0) is 22.6. The fourth-order valence-electron chi connectivity index (χ4n) is 4.30. The second kappa shape index (κ2) is 9.60. The molecule has 167 valence electrons. The summed E-state index contributed by atoms with van der Waals surface area (Å²) in [5.41, 5.74) is 2.41. The number of aldehydes is 1. The lowest BCUT2D eigenvalue weighted by Gasteiger charge is -2.47. The van der Waals surface area contributed by atoms with Crippen LogP contribution in [0.25, 0.3) is 0 Å². The van der Waals surface area contributed by atoms with E-state index in [1.54, 1.807) is 14.2 Å². The number of anilines is 2. The van der Waals surface area contributed by atoms with Gasteiger partial charge >= 0.3 is 0 Å². The van der Waals surface area contributed by atoms with E-state index in [4.69, 9.17) is 9.47 Å². The second-order valence-corrected chi connectivity index (χ2v) is 10.4. The molecule has 3 aromatic rings. The van der Waals surface area contributed by atoms with Gasteiger partial charge in [-0.15, -0.1) is 0 Å². The van der Waals surface area contributed by atoms with Crippen LogP contribution < -0.4 is 18.8 Å². The van der Waals surface area contributed by atoms with Crippen molar-refractivity contribution >= 4 is 25.5 Å². The van der Waals surface area contributed by atoms with Gasteiger partial charge < -0.3 is 28.5 Å². The number of ether oxygens (including phenoxy) is 2. The lowest BCUT2D eigenvalue weighted by atomic mass is 10.1. The second-order valence-electron chi connectivity index (χ2n) is 7.59. The molecule has 1 aliphatic rings. The van der Waals surface area contributed by atoms with Crippen LogP contribution in [0.4, 0.5) is 11.4 Å². The van der Waals surface area contributed by atoms with E-state index in [2.05, 4.69) is 9.34 Å². The highest BCUT2D eigenvalue weighted by molar-refractivity contribution is 7.74. The van der Waals surface area contributed by atoms with Gasteiger partial charge in [0.1, 0.15) is 17.8 Å². The molecule has 0 aliphatic carbocycles. The number of methoxy groups -OCH3 is 2. The minimum atomic E-state index is -3.03. The van der Waals surface area contributed by atoms with Crippen LogP contribution in [0.15, 0.2) is 78.9 Å². The van der Waals surface area contributed by atoms with Crippen molar-refractivity contribution in [3.63, 3.8) is 0 Å². The van der Waals surface area contributed by atoms with Crippen molar-refractivity contribution in [3.8, 4) is 11.5 Å². The molecule has 1 saturated heterocycles. The molecule has 3 aromatic carbocycles. The fourth-order valence-corrected chi connectivity index (χ4v) is 7.89. The highest BCUT2D eigenvalue weighted by Gasteiger charge is 2.51. The molecule has 0 aromatic heterocycles. The van der Waals surface area contributed by atoms with Crippen molar-refractivity contribution in [2.75, 3.05) is 36.6 Å². The number of carbonyl (C=O) groups is 1. The van der Waals surface area contributed by atoms with E-state index in [1.165, 1.54) is 0 Å². The summed E-state index contributed by atoms with van der Waals surface area (Å²) >= 11 is 0. The van der Waals surface area contributed by atoms with E-state index in [0.29, 0.717) is 13.1 Å². The third-order valence-corrected chi connectivity index (χ3v) is 9.53. The largest absolute Gasteiger partial charge is 0.497 e. The van der Waals surface area contributed by atoms with Crippen LogP contribution in [0, 0.1) is 0 Å². The van der Waals surface area contributed by atoms with Gasteiger partial charge in [-0.2, -0.15) is 0 Å². The minimum Gasteiger partial charge on any atom is -0.497 e. The predicted octanol–water partition coefficient (Wildman–Crippen LogP) is 5.12. The Kier molecular flexibility index (Phi) is 6.63. The summed E-state index contributed by atoms with van der Waals surface area (Å²) in [6.45, 7) is 1.29. The third kappa shape index (κ3) is 4.04. The van der Waals surface area contributed by atoms with Gasteiger partial charge in [-0.25, -0.2) is 0 Å². The topological polar surface area (TPSA) is 62.2 Å². The maximum Gasteiger partial charge on any atom is 0.169 e. The van der Waals surface area contributed by atoms with Crippen molar-refractivity contribution < 1.29 is 19.2 Å². The van der Waals surface area contributed by atoms with Crippen LogP contribution in [0.3, 0.4) is 0 Å². The summed E-state index contributed by atoms with van der Waals surface area (Å²) in [7, 11) is 0.242. The monoisotopic (exact) mass is 451 g/mol. The molecule has 0 saturated carbocycles. The molecule has 1 atom stereocenters. The Balaban J connectivity index is 1.83. The van der Waals surface area contributed by atoms with Gasteiger partial charge in [-0.3, -0.25) is 0 Å². The Morgan fingerprint density at radius 3 is 1.72 bits per heavy atom. The summed E-state index contributed by atoms with van der Waals surface area (Å²) < 4.78 is 14.8. The minimum absolute atomic E-state index is 0.230. The predicted molar refractivity (Wildman–Crippen MR) is 130 cm³/mol. The van der Waals surface area contributed by atoms with E-state index in [1.807, 2.05) is 78.9 Å². The van der Waals surface area contributed by atoms with E-state index in [0.717, 1.165) is 34.7 Å². The molecule has 4 rings (SSSR count). The SMILES string of the molecule is COc1ccc(N2CCN(c3ccc(OC)cc3)[P]2(O)C(CC=O)c2ccccc2)cc1. The van der Waals surface area contributed by atoms with Gasteiger partial charge in [0.2, 0.25) is 0 Å². The zero-order valence-corrected chi connectivity index (χ0v) is 19.2. The van der Waals surface area contributed by atoms with Crippen LogP contribution in [0.1, 0.15) is 17.6 Å². The molecule has 1 aliphatic heterocycles. The molecule has 1 radical (unpaired) electrons. The van der Waals surface area contributed by atoms with Gasteiger partial charge in [-0.1, -0.05) is 30.3 Å². The molecule has 1 fully saturated rings. The Labute approximate surface area is 189 Å². The van der Waals surface area contributed by atoms with E-state index < -0.39 is 7.79 Å². The average Bonchev–Trinajstić information content (AvgIpc) is 3.20. The van der Waals surface area contributed by atoms with Gasteiger partial charge in [0.25, 0.3) is 0 Å². The van der Waals surface area contributed by atoms with Crippen molar-refractivity contribution in [3.05, 3.63) is 84.4 Å². The number of hydrogen-bond donors (Lipinski definition) is 1. The molecule has 6 nitrogen and oxygen atoms in total. The first-order valence-corrected chi connectivity index (χ1v) is 12.3. The van der Waals surface area contributed by atoms with E-state index >= 15 is 0 Å².